The minimum Gasteiger partial charge on any atom is -0.497 e. The number of benzene rings is 1. The van der Waals surface area contributed by atoms with Crippen LogP contribution < -0.4 is 15.8 Å². The smallest absolute Gasteiger partial charge is 0.119 e. The van der Waals surface area contributed by atoms with E-state index in [1.165, 1.54) is 0 Å². The third-order valence-electron chi connectivity index (χ3n) is 2.26. The van der Waals surface area contributed by atoms with Crippen molar-refractivity contribution in [2.45, 2.75) is 6.04 Å². The molecule has 86 valence electrons. The number of halogens is 1. The molecular formula is C12H15BrN2O. The Kier molecular flexibility index (Phi) is 5.33. The summed E-state index contributed by atoms with van der Waals surface area (Å²) in [5.74, 6) is 3.34. The molecule has 0 amide bonds. The topological polar surface area (TPSA) is 47.3 Å². The van der Waals surface area contributed by atoms with E-state index in [1.807, 2.05) is 18.2 Å². The van der Waals surface area contributed by atoms with Crippen molar-refractivity contribution in [1.29, 1.82) is 0 Å². The SMILES string of the molecule is C#CCNC(CN)c1cc(OC)ccc1Br. The van der Waals surface area contributed by atoms with E-state index in [0.717, 1.165) is 15.8 Å². The molecule has 4 heteroatoms. The lowest BCUT2D eigenvalue weighted by atomic mass is 10.1. The minimum atomic E-state index is 0.0283. The molecule has 0 saturated carbocycles. The van der Waals surface area contributed by atoms with E-state index in [0.29, 0.717) is 13.1 Å². The fourth-order valence-corrected chi connectivity index (χ4v) is 1.94. The number of terminal acetylenes is 1. The van der Waals surface area contributed by atoms with Crippen LogP contribution in [0, 0.1) is 12.3 Å². The molecule has 16 heavy (non-hydrogen) atoms. The number of rotatable bonds is 5. The van der Waals surface area contributed by atoms with E-state index in [-0.39, 0.29) is 6.04 Å². The molecule has 1 unspecified atom stereocenters. The van der Waals surface area contributed by atoms with Gasteiger partial charge in [-0.2, -0.15) is 0 Å². The summed E-state index contributed by atoms with van der Waals surface area (Å²) in [4.78, 5) is 0. The van der Waals surface area contributed by atoms with Crippen LogP contribution in [0.15, 0.2) is 22.7 Å². The van der Waals surface area contributed by atoms with Crippen LogP contribution in [0.5, 0.6) is 5.75 Å². The van der Waals surface area contributed by atoms with Gasteiger partial charge in [-0.3, -0.25) is 5.32 Å². The van der Waals surface area contributed by atoms with Crippen LogP contribution in [-0.2, 0) is 0 Å². The van der Waals surface area contributed by atoms with Gasteiger partial charge < -0.3 is 10.5 Å². The molecule has 1 aromatic rings. The zero-order valence-corrected chi connectivity index (χ0v) is 10.8. The summed E-state index contributed by atoms with van der Waals surface area (Å²) in [6.07, 6.45) is 5.21. The molecule has 3 N–H and O–H groups in total. The van der Waals surface area contributed by atoms with Crippen LogP contribution in [0.3, 0.4) is 0 Å². The molecule has 0 bridgehead atoms. The van der Waals surface area contributed by atoms with E-state index >= 15 is 0 Å². The first-order valence-electron chi connectivity index (χ1n) is 4.93. The van der Waals surface area contributed by atoms with Crippen LogP contribution in [0.25, 0.3) is 0 Å². The van der Waals surface area contributed by atoms with Gasteiger partial charge >= 0.3 is 0 Å². The molecule has 0 aliphatic rings. The van der Waals surface area contributed by atoms with Crippen LogP contribution >= 0.6 is 15.9 Å². The largest absolute Gasteiger partial charge is 0.497 e. The van der Waals surface area contributed by atoms with Gasteiger partial charge in [0.05, 0.1) is 13.7 Å². The Morgan fingerprint density at radius 1 is 1.62 bits per heavy atom. The quantitative estimate of drug-likeness (QED) is 0.808. The number of nitrogens with two attached hydrogens (primary N) is 1. The van der Waals surface area contributed by atoms with Gasteiger partial charge in [0.15, 0.2) is 0 Å². The molecule has 0 radical (unpaired) electrons. The number of hydrogen-bond donors (Lipinski definition) is 2. The highest BCUT2D eigenvalue weighted by Crippen LogP contribution is 2.27. The minimum absolute atomic E-state index is 0.0283. The van der Waals surface area contributed by atoms with Gasteiger partial charge in [-0.15, -0.1) is 6.42 Å². The zero-order valence-electron chi connectivity index (χ0n) is 9.16. The van der Waals surface area contributed by atoms with E-state index < -0.39 is 0 Å². The Morgan fingerprint density at radius 3 is 2.94 bits per heavy atom. The van der Waals surface area contributed by atoms with E-state index in [1.54, 1.807) is 7.11 Å². The molecule has 0 heterocycles. The fraction of sp³-hybridized carbons (Fsp3) is 0.333. The normalized spacial score (nSPS) is 11.9. The van der Waals surface area contributed by atoms with Crippen LogP contribution in [0.2, 0.25) is 0 Å². The lowest BCUT2D eigenvalue weighted by Crippen LogP contribution is -2.28. The molecule has 1 aromatic carbocycles. The van der Waals surface area contributed by atoms with Gasteiger partial charge in [0.1, 0.15) is 5.75 Å². The van der Waals surface area contributed by atoms with E-state index in [4.69, 9.17) is 16.9 Å². The Balaban J connectivity index is 2.94. The highest BCUT2D eigenvalue weighted by atomic mass is 79.9. The van der Waals surface area contributed by atoms with Crippen molar-refractivity contribution >= 4 is 15.9 Å². The summed E-state index contributed by atoms with van der Waals surface area (Å²) in [7, 11) is 1.64. The first-order valence-corrected chi connectivity index (χ1v) is 5.72. The second kappa shape index (κ2) is 6.54. The molecule has 0 aliphatic carbocycles. The maximum atomic E-state index is 5.71. The van der Waals surface area contributed by atoms with Crippen LogP contribution in [0.4, 0.5) is 0 Å². The Bertz CT molecular complexity index is 387. The van der Waals surface area contributed by atoms with Crippen molar-refractivity contribution in [2.75, 3.05) is 20.2 Å². The first kappa shape index (κ1) is 13.0. The molecule has 0 spiro atoms. The maximum Gasteiger partial charge on any atom is 0.119 e. The van der Waals surface area contributed by atoms with E-state index in [9.17, 15) is 0 Å². The van der Waals surface area contributed by atoms with Crippen LogP contribution in [0.1, 0.15) is 11.6 Å². The Labute approximate surface area is 104 Å². The van der Waals surface area contributed by atoms with Gasteiger partial charge in [0.25, 0.3) is 0 Å². The highest BCUT2D eigenvalue weighted by molar-refractivity contribution is 9.10. The second-order valence-electron chi connectivity index (χ2n) is 3.26. The monoisotopic (exact) mass is 282 g/mol. The number of ether oxygens (including phenoxy) is 1. The van der Waals surface area contributed by atoms with Crippen LogP contribution in [-0.4, -0.2) is 20.2 Å². The lowest BCUT2D eigenvalue weighted by molar-refractivity contribution is 0.413. The highest BCUT2D eigenvalue weighted by Gasteiger charge is 2.12. The predicted octanol–water partition coefficient (Wildman–Crippen LogP) is 1.68. The fourth-order valence-electron chi connectivity index (χ4n) is 1.42. The predicted molar refractivity (Wildman–Crippen MR) is 69.3 cm³/mol. The Morgan fingerprint density at radius 2 is 2.38 bits per heavy atom. The van der Waals surface area contributed by atoms with Gasteiger partial charge in [0.2, 0.25) is 0 Å². The maximum absolute atomic E-state index is 5.71. The number of hydrogen-bond acceptors (Lipinski definition) is 3. The van der Waals surface area contributed by atoms with Crippen molar-refractivity contribution in [2.24, 2.45) is 5.73 Å². The average molecular weight is 283 g/mol. The van der Waals surface area contributed by atoms with Gasteiger partial charge in [-0.05, 0) is 23.8 Å². The molecular weight excluding hydrogens is 268 g/mol. The Hall–Kier alpha value is -1.02. The molecule has 0 aromatic heterocycles. The van der Waals surface area contributed by atoms with Crippen molar-refractivity contribution in [3.05, 3.63) is 28.2 Å². The van der Waals surface area contributed by atoms with Gasteiger partial charge in [-0.1, -0.05) is 21.9 Å². The van der Waals surface area contributed by atoms with E-state index in [2.05, 4.69) is 27.2 Å². The van der Waals surface area contributed by atoms with Crippen molar-refractivity contribution < 1.29 is 4.74 Å². The first-order chi connectivity index (χ1) is 7.72. The zero-order chi connectivity index (χ0) is 12.0. The molecule has 1 rings (SSSR count). The van der Waals surface area contributed by atoms with Crippen molar-refractivity contribution in [3.63, 3.8) is 0 Å². The third-order valence-corrected chi connectivity index (χ3v) is 2.99. The summed E-state index contributed by atoms with van der Waals surface area (Å²) in [5, 5.41) is 3.18. The molecule has 0 aliphatic heterocycles. The van der Waals surface area contributed by atoms with Gasteiger partial charge in [-0.25, -0.2) is 0 Å². The summed E-state index contributed by atoms with van der Waals surface area (Å²) in [6, 6.07) is 5.81. The second-order valence-corrected chi connectivity index (χ2v) is 4.12. The summed E-state index contributed by atoms with van der Waals surface area (Å²) >= 11 is 3.49. The molecule has 1 atom stereocenters. The van der Waals surface area contributed by atoms with Crippen molar-refractivity contribution in [1.82, 2.24) is 5.32 Å². The van der Waals surface area contributed by atoms with Gasteiger partial charge in [0, 0.05) is 17.1 Å². The summed E-state index contributed by atoms with van der Waals surface area (Å²) in [6.45, 7) is 0.971. The summed E-state index contributed by atoms with van der Waals surface area (Å²) < 4.78 is 6.17. The molecule has 0 saturated heterocycles. The summed E-state index contributed by atoms with van der Waals surface area (Å²) in [5.41, 5.74) is 6.77. The van der Waals surface area contributed by atoms with Crippen molar-refractivity contribution in [3.8, 4) is 18.1 Å². The standard InChI is InChI=1S/C12H15BrN2O/c1-3-6-15-12(8-14)10-7-9(16-2)4-5-11(10)13/h1,4-5,7,12,15H,6,8,14H2,2H3. The number of methoxy groups -OCH3 is 1. The average Bonchev–Trinajstić information content (AvgIpc) is 2.32. The molecule has 3 nitrogen and oxygen atoms in total. The molecule has 0 fully saturated rings. The lowest BCUT2D eigenvalue weighted by Gasteiger charge is -2.18. The number of nitrogens with one attached hydrogen (secondary N) is 1. The third kappa shape index (κ3) is 3.24.